The summed E-state index contributed by atoms with van der Waals surface area (Å²) in [6, 6.07) is 0. The van der Waals surface area contributed by atoms with Crippen LogP contribution in [0.5, 0.6) is 0 Å². The molecule has 1 aromatic rings. The largest absolute Gasteiger partial charge is 0.358 e. The van der Waals surface area contributed by atoms with Crippen LogP contribution in [0.25, 0.3) is 0 Å². The number of carbonyl (C=O) groups is 1. The number of nitrogens with zero attached hydrogens (tertiary/aromatic N) is 1. The van der Waals surface area contributed by atoms with E-state index in [0.29, 0.717) is 22.8 Å². The van der Waals surface area contributed by atoms with Gasteiger partial charge >= 0.3 is 0 Å². The van der Waals surface area contributed by atoms with Crippen molar-refractivity contribution in [2.24, 2.45) is 0 Å². The van der Waals surface area contributed by atoms with Crippen LogP contribution in [0.1, 0.15) is 31.1 Å². The van der Waals surface area contributed by atoms with E-state index in [1.165, 1.54) is 6.20 Å². The number of rotatable bonds is 2. The van der Waals surface area contributed by atoms with Gasteiger partial charge in [-0.05, 0) is 33.0 Å². The highest BCUT2D eigenvalue weighted by Crippen LogP contribution is 2.08. The molecule has 82 valence electrons. The first-order valence-electron chi connectivity index (χ1n) is 4.50. The third kappa shape index (κ3) is 3.67. The van der Waals surface area contributed by atoms with E-state index >= 15 is 0 Å². The molecule has 1 rings (SSSR count). The van der Waals surface area contributed by atoms with Gasteiger partial charge in [0.2, 0.25) is 0 Å². The lowest BCUT2D eigenvalue weighted by atomic mass is 10.1. The van der Waals surface area contributed by atoms with E-state index < -0.39 is 0 Å². The van der Waals surface area contributed by atoms with Crippen molar-refractivity contribution in [3.8, 4) is 0 Å². The smallest absolute Gasteiger partial charge is 0.172 e. The molecule has 0 amide bonds. The van der Waals surface area contributed by atoms with Crippen molar-refractivity contribution in [3.05, 3.63) is 11.8 Å². The van der Waals surface area contributed by atoms with Crippen molar-refractivity contribution in [2.75, 3.05) is 5.32 Å². The van der Waals surface area contributed by atoms with Crippen LogP contribution in [0.4, 0.5) is 5.82 Å². The Balaban J connectivity index is 2.63. The van der Waals surface area contributed by atoms with Gasteiger partial charge in [-0.15, -0.1) is 0 Å². The molecule has 0 saturated heterocycles. The lowest BCUT2D eigenvalue weighted by Gasteiger charge is -2.22. The van der Waals surface area contributed by atoms with E-state index in [9.17, 15) is 4.79 Å². The first-order chi connectivity index (χ1) is 6.92. The Kier molecular flexibility index (Phi) is 3.41. The molecule has 1 heterocycles. The predicted octanol–water partition coefficient (Wildman–Crippen LogP) is 1.31. The third-order valence-electron chi connectivity index (χ3n) is 1.52. The van der Waals surface area contributed by atoms with Gasteiger partial charge in [0, 0.05) is 5.54 Å². The summed E-state index contributed by atoms with van der Waals surface area (Å²) in [5, 5.41) is 12.8. The Morgan fingerprint density at radius 1 is 1.60 bits per heavy atom. The highest BCUT2D eigenvalue weighted by Gasteiger charge is 2.12. The monoisotopic (exact) mass is 226 g/mol. The Morgan fingerprint density at radius 3 is 2.80 bits per heavy atom. The molecule has 5 nitrogen and oxygen atoms in total. The van der Waals surface area contributed by atoms with Crippen molar-refractivity contribution in [2.45, 2.75) is 26.3 Å². The molecule has 0 spiro atoms. The molecule has 0 aliphatic heterocycles. The molecule has 0 unspecified atom stereocenters. The molecule has 0 saturated carbocycles. The van der Waals surface area contributed by atoms with Crippen LogP contribution >= 0.6 is 12.2 Å². The molecule has 0 bridgehead atoms. The summed E-state index contributed by atoms with van der Waals surface area (Å²) in [5.74, 6) is 0.506. The van der Waals surface area contributed by atoms with E-state index in [0.717, 1.165) is 0 Å². The summed E-state index contributed by atoms with van der Waals surface area (Å²) >= 11 is 5.07. The van der Waals surface area contributed by atoms with E-state index in [4.69, 9.17) is 12.2 Å². The van der Waals surface area contributed by atoms with Crippen LogP contribution in [-0.4, -0.2) is 27.1 Å². The summed E-state index contributed by atoms with van der Waals surface area (Å²) in [6.45, 7) is 5.98. The van der Waals surface area contributed by atoms with Gasteiger partial charge in [-0.2, -0.15) is 5.10 Å². The molecule has 15 heavy (non-hydrogen) atoms. The number of hydrogen-bond donors (Lipinski definition) is 3. The van der Waals surface area contributed by atoms with Crippen molar-refractivity contribution < 1.29 is 4.79 Å². The quantitative estimate of drug-likeness (QED) is 0.524. The standard InChI is InChI=1S/C9H14N4OS/c1-9(2,3)12-8(15)11-7-6(5-14)4-10-13-7/h4-5H,1-3H3,(H3,10,11,12,13,15). The molecule has 0 aliphatic rings. The van der Waals surface area contributed by atoms with E-state index in [1.807, 2.05) is 20.8 Å². The second-order valence-corrected chi connectivity index (χ2v) is 4.56. The Hall–Kier alpha value is -1.43. The van der Waals surface area contributed by atoms with Gasteiger partial charge in [-0.1, -0.05) is 0 Å². The molecule has 1 aromatic heterocycles. The second kappa shape index (κ2) is 4.39. The maximum Gasteiger partial charge on any atom is 0.172 e. The fourth-order valence-electron chi connectivity index (χ4n) is 0.970. The Morgan fingerprint density at radius 2 is 2.27 bits per heavy atom. The topological polar surface area (TPSA) is 69.8 Å². The van der Waals surface area contributed by atoms with Crippen molar-refractivity contribution in [1.82, 2.24) is 15.5 Å². The van der Waals surface area contributed by atoms with E-state index in [1.54, 1.807) is 0 Å². The number of carbonyl (C=O) groups excluding carboxylic acids is 1. The summed E-state index contributed by atoms with van der Waals surface area (Å²) < 4.78 is 0. The molecule has 3 N–H and O–H groups in total. The predicted molar refractivity (Wildman–Crippen MR) is 63.1 cm³/mol. The molecule has 0 atom stereocenters. The normalized spacial score (nSPS) is 10.9. The molecular formula is C9H14N4OS. The number of H-pyrrole nitrogens is 1. The van der Waals surface area contributed by atoms with E-state index in [-0.39, 0.29) is 5.54 Å². The maximum absolute atomic E-state index is 10.6. The SMILES string of the molecule is CC(C)(C)NC(=S)Nc1[nH]ncc1C=O. The first kappa shape index (κ1) is 11.6. The second-order valence-electron chi connectivity index (χ2n) is 4.15. The van der Waals surface area contributed by atoms with Gasteiger partial charge in [-0.3, -0.25) is 9.89 Å². The van der Waals surface area contributed by atoms with Crippen molar-refractivity contribution in [1.29, 1.82) is 0 Å². The minimum Gasteiger partial charge on any atom is -0.358 e. The van der Waals surface area contributed by atoms with Crippen LogP contribution in [0.2, 0.25) is 0 Å². The van der Waals surface area contributed by atoms with Gasteiger partial charge in [0.05, 0.1) is 11.8 Å². The molecule has 0 aliphatic carbocycles. The molecule has 0 radical (unpaired) electrons. The summed E-state index contributed by atoms with van der Waals surface area (Å²) in [7, 11) is 0. The maximum atomic E-state index is 10.6. The first-order valence-corrected chi connectivity index (χ1v) is 4.91. The Bertz CT molecular complexity index is 366. The lowest BCUT2D eigenvalue weighted by Crippen LogP contribution is -2.43. The van der Waals surface area contributed by atoms with Crippen LogP contribution in [0, 0.1) is 0 Å². The number of thiocarbonyl (C=S) groups is 1. The number of nitrogens with one attached hydrogen (secondary N) is 3. The van der Waals surface area contributed by atoms with E-state index in [2.05, 4.69) is 20.8 Å². The van der Waals surface area contributed by atoms with Gasteiger partial charge in [0.25, 0.3) is 0 Å². The molecular weight excluding hydrogens is 212 g/mol. The zero-order chi connectivity index (χ0) is 11.5. The van der Waals surface area contributed by atoms with Gasteiger partial charge < -0.3 is 10.6 Å². The van der Waals surface area contributed by atoms with Gasteiger partial charge in [0.15, 0.2) is 11.4 Å². The van der Waals surface area contributed by atoms with Gasteiger partial charge in [-0.25, -0.2) is 0 Å². The van der Waals surface area contributed by atoms with Crippen LogP contribution in [-0.2, 0) is 0 Å². The zero-order valence-electron chi connectivity index (χ0n) is 8.92. The highest BCUT2D eigenvalue weighted by atomic mass is 32.1. The van der Waals surface area contributed by atoms with Crippen molar-refractivity contribution >= 4 is 29.4 Å². The van der Waals surface area contributed by atoms with Crippen LogP contribution < -0.4 is 10.6 Å². The fraction of sp³-hybridized carbons (Fsp3) is 0.444. The molecule has 0 aromatic carbocycles. The average molecular weight is 226 g/mol. The number of hydrogen-bond acceptors (Lipinski definition) is 3. The van der Waals surface area contributed by atoms with Crippen molar-refractivity contribution in [3.63, 3.8) is 0 Å². The number of aromatic nitrogens is 2. The fourth-order valence-corrected chi connectivity index (χ4v) is 1.38. The minimum absolute atomic E-state index is 0.120. The highest BCUT2D eigenvalue weighted by molar-refractivity contribution is 7.80. The summed E-state index contributed by atoms with van der Waals surface area (Å²) in [6.07, 6.45) is 2.15. The third-order valence-corrected chi connectivity index (χ3v) is 1.73. The zero-order valence-corrected chi connectivity index (χ0v) is 9.73. The lowest BCUT2D eigenvalue weighted by molar-refractivity contribution is 0.112. The number of aldehydes is 1. The number of anilines is 1. The molecule has 0 fully saturated rings. The number of aromatic amines is 1. The summed E-state index contributed by atoms with van der Waals surface area (Å²) in [4.78, 5) is 10.6. The summed E-state index contributed by atoms with van der Waals surface area (Å²) in [5.41, 5.74) is 0.332. The Labute approximate surface area is 93.6 Å². The molecule has 6 heteroatoms. The van der Waals surface area contributed by atoms with Gasteiger partial charge in [0.1, 0.15) is 5.82 Å². The van der Waals surface area contributed by atoms with Crippen LogP contribution in [0.15, 0.2) is 6.20 Å². The minimum atomic E-state index is -0.120. The van der Waals surface area contributed by atoms with Crippen LogP contribution in [0.3, 0.4) is 0 Å². The average Bonchev–Trinajstić information content (AvgIpc) is 2.48.